The lowest BCUT2D eigenvalue weighted by Crippen LogP contribution is -2.46. The molecule has 3 aliphatic rings. The molecule has 5 heteroatoms. The van der Waals surface area contributed by atoms with Gasteiger partial charge in [0.25, 0.3) is 5.91 Å². The van der Waals surface area contributed by atoms with Crippen molar-refractivity contribution in [3.8, 4) is 0 Å². The molecule has 5 nitrogen and oxygen atoms in total. The van der Waals surface area contributed by atoms with Gasteiger partial charge in [0.15, 0.2) is 0 Å². The number of nitrogens with one attached hydrogen (secondary N) is 2. The van der Waals surface area contributed by atoms with Gasteiger partial charge in [0.2, 0.25) is 0 Å². The molecule has 1 aromatic carbocycles. The number of fused-ring (bicyclic) bond motifs is 1. The summed E-state index contributed by atoms with van der Waals surface area (Å²) >= 11 is 0. The third-order valence-electron chi connectivity index (χ3n) is 5.73. The van der Waals surface area contributed by atoms with Crippen molar-refractivity contribution < 1.29 is 9.53 Å². The summed E-state index contributed by atoms with van der Waals surface area (Å²) in [6.45, 7) is 5.04. The van der Waals surface area contributed by atoms with Crippen LogP contribution < -0.4 is 10.6 Å². The second kappa shape index (κ2) is 7.75. The number of benzene rings is 1. The molecule has 0 aromatic heterocycles. The number of rotatable bonds is 4. The lowest BCUT2D eigenvalue weighted by molar-refractivity contribution is 0.0613. The average molecular weight is 343 g/mol. The Balaban J connectivity index is 1.30. The molecule has 0 saturated carbocycles. The van der Waals surface area contributed by atoms with Crippen LogP contribution in [-0.4, -0.2) is 55.7 Å². The van der Waals surface area contributed by atoms with Crippen LogP contribution in [0.2, 0.25) is 0 Å². The Hall–Kier alpha value is -1.59. The summed E-state index contributed by atoms with van der Waals surface area (Å²) in [5, 5.41) is 6.68. The van der Waals surface area contributed by atoms with E-state index < -0.39 is 0 Å². The number of amides is 1. The zero-order chi connectivity index (χ0) is 17.1. The minimum atomic E-state index is 0.0730. The molecule has 2 N–H and O–H groups in total. The van der Waals surface area contributed by atoms with Crippen molar-refractivity contribution >= 4 is 11.6 Å². The van der Waals surface area contributed by atoms with Crippen molar-refractivity contribution in [1.29, 1.82) is 0 Å². The first-order chi connectivity index (χ1) is 12.3. The first-order valence-corrected chi connectivity index (χ1v) is 9.80. The van der Waals surface area contributed by atoms with E-state index in [1.54, 1.807) is 0 Å². The van der Waals surface area contributed by atoms with E-state index in [9.17, 15) is 4.79 Å². The van der Waals surface area contributed by atoms with E-state index >= 15 is 0 Å². The number of carbonyl (C=O) groups excluding carboxylic acids is 1. The Kier molecular flexibility index (Phi) is 5.22. The van der Waals surface area contributed by atoms with Gasteiger partial charge >= 0.3 is 0 Å². The first kappa shape index (κ1) is 16.9. The van der Waals surface area contributed by atoms with Gasteiger partial charge in [-0.05, 0) is 50.2 Å². The molecule has 4 rings (SSSR count). The third kappa shape index (κ3) is 3.98. The summed E-state index contributed by atoms with van der Waals surface area (Å²) in [5.41, 5.74) is 3.12. The Morgan fingerprint density at radius 3 is 2.92 bits per heavy atom. The van der Waals surface area contributed by atoms with Crippen molar-refractivity contribution in [2.45, 2.75) is 50.7 Å². The zero-order valence-corrected chi connectivity index (χ0v) is 14.9. The average Bonchev–Trinajstić information content (AvgIpc) is 3.16. The van der Waals surface area contributed by atoms with E-state index in [2.05, 4.69) is 21.6 Å². The number of ether oxygens (including phenoxy) is 1. The highest BCUT2D eigenvalue weighted by atomic mass is 16.5. The molecule has 3 aliphatic heterocycles. The van der Waals surface area contributed by atoms with Gasteiger partial charge in [-0.2, -0.15) is 0 Å². The fourth-order valence-electron chi connectivity index (χ4n) is 4.30. The Morgan fingerprint density at radius 2 is 2.12 bits per heavy atom. The molecule has 2 fully saturated rings. The highest BCUT2D eigenvalue weighted by molar-refractivity contribution is 6.00. The molecular weight excluding hydrogens is 314 g/mol. The van der Waals surface area contributed by atoms with Crippen LogP contribution in [0.15, 0.2) is 18.2 Å². The predicted octanol–water partition coefficient (Wildman–Crippen LogP) is 2.42. The second-order valence-corrected chi connectivity index (χ2v) is 7.55. The van der Waals surface area contributed by atoms with Crippen molar-refractivity contribution in [3.63, 3.8) is 0 Å². The van der Waals surface area contributed by atoms with Crippen LogP contribution in [0, 0.1) is 0 Å². The summed E-state index contributed by atoms with van der Waals surface area (Å²) in [6, 6.07) is 6.36. The van der Waals surface area contributed by atoms with Crippen molar-refractivity contribution in [2.75, 3.05) is 38.1 Å². The molecule has 2 saturated heterocycles. The van der Waals surface area contributed by atoms with Gasteiger partial charge in [-0.25, -0.2) is 0 Å². The molecule has 0 aliphatic carbocycles. The van der Waals surface area contributed by atoms with E-state index in [0.29, 0.717) is 6.10 Å². The number of carbonyl (C=O) groups is 1. The number of anilines is 1. The maximum atomic E-state index is 12.8. The Bertz CT molecular complexity index is 605. The maximum absolute atomic E-state index is 12.8. The van der Waals surface area contributed by atoms with Gasteiger partial charge in [-0.3, -0.25) is 4.79 Å². The highest BCUT2D eigenvalue weighted by Crippen LogP contribution is 2.26. The van der Waals surface area contributed by atoms with Crippen molar-refractivity contribution in [3.05, 3.63) is 29.3 Å². The fraction of sp³-hybridized carbons (Fsp3) is 0.650. The summed E-state index contributed by atoms with van der Waals surface area (Å²) < 4.78 is 5.74. The van der Waals surface area contributed by atoms with Crippen LogP contribution in [0.25, 0.3) is 0 Å². The molecule has 136 valence electrons. The number of hydrogen-bond acceptors (Lipinski definition) is 4. The minimum Gasteiger partial charge on any atom is -0.384 e. The topological polar surface area (TPSA) is 53.6 Å². The maximum Gasteiger partial charge on any atom is 0.253 e. The molecule has 0 bridgehead atoms. The molecule has 3 heterocycles. The Morgan fingerprint density at radius 1 is 1.24 bits per heavy atom. The number of piperidine rings is 1. The van der Waals surface area contributed by atoms with Gasteiger partial charge in [-0.1, -0.05) is 12.1 Å². The van der Waals surface area contributed by atoms with Crippen LogP contribution in [0.5, 0.6) is 0 Å². The van der Waals surface area contributed by atoms with Crippen molar-refractivity contribution in [1.82, 2.24) is 10.2 Å². The SMILES string of the molecule is O=C(NC1CCN(C[C@H]2CCCO2)CC1)c1cccc2c1NCCC2. The van der Waals surface area contributed by atoms with Gasteiger partial charge < -0.3 is 20.3 Å². The molecule has 1 amide bonds. The Labute approximate surface area is 150 Å². The van der Waals surface area contributed by atoms with Crippen LogP contribution in [0.4, 0.5) is 5.69 Å². The summed E-state index contributed by atoms with van der Waals surface area (Å²) in [7, 11) is 0. The normalized spacial score (nSPS) is 24.6. The number of nitrogens with zero attached hydrogens (tertiary/aromatic N) is 1. The van der Waals surface area contributed by atoms with E-state index in [1.807, 2.05) is 12.1 Å². The lowest BCUT2D eigenvalue weighted by atomic mass is 9.98. The van der Waals surface area contributed by atoms with Crippen molar-refractivity contribution in [2.24, 2.45) is 0 Å². The number of likely N-dealkylation sites (tertiary alicyclic amines) is 1. The largest absolute Gasteiger partial charge is 0.384 e. The van der Waals surface area contributed by atoms with Gasteiger partial charge in [0.1, 0.15) is 0 Å². The lowest BCUT2D eigenvalue weighted by Gasteiger charge is -2.33. The van der Waals surface area contributed by atoms with Crippen LogP contribution >= 0.6 is 0 Å². The quantitative estimate of drug-likeness (QED) is 0.882. The smallest absolute Gasteiger partial charge is 0.253 e. The molecule has 1 aromatic rings. The van der Waals surface area contributed by atoms with Gasteiger partial charge in [0.05, 0.1) is 17.4 Å². The van der Waals surface area contributed by atoms with E-state index in [4.69, 9.17) is 4.74 Å². The monoisotopic (exact) mass is 343 g/mol. The van der Waals surface area contributed by atoms with E-state index in [-0.39, 0.29) is 11.9 Å². The molecule has 0 unspecified atom stereocenters. The molecular formula is C20H29N3O2. The fourth-order valence-corrected chi connectivity index (χ4v) is 4.30. The number of para-hydroxylation sites is 1. The molecule has 0 spiro atoms. The molecule has 1 atom stereocenters. The van der Waals surface area contributed by atoms with E-state index in [1.165, 1.54) is 18.4 Å². The number of aryl methyl sites for hydroxylation is 1. The second-order valence-electron chi connectivity index (χ2n) is 7.55. The first-order valence-electron chi connectivity index (χ1n) is 9.80. The highest BCUT2D eigenvalue weighted by Gasteiger charge is 2.26. The molecule has 0 radical (unpaired) electrons. The number of hydrogen-bond donors (Lipinski definition) is 2. The standard InChI is InChI=1S/C20H29N3O2/c24-20(18-7-1-4-15-5-2-10-21-19(15)18)22-16-8-11-23(12-9-16)14-17-6-3-13-25-17/h1,4,7,16-17,21H,2-3,5-6,8-14H2,(H,22,24)/t17-/m1/s1. The van der Waals surface area contributed by atoms with Gasteiger partial charge in [0, 0.05) is 38.8 Å². The summed E-state index contributed by atoms with van der Waals surface area (Å²) in [4.78, 5) is 15.3. The zero-order valence-electron chi connectivity index (χ0n) is 14.9. The molecule has 25 heavy (non-hydrogen) atoms. The van der Waals surface area contributed by atoms with E-state index in [0.717, 1.165) is 69.7 Å². The summed E-state index contributed by atoms with van der Waals surface area (Å²) in [5.74, 6) is 0.0730. The van der Waals surface area contributed by atoms with Crippen LogP contribution in [-0.2, 0) is 11.2 Å². The summed E-state index contributed by atoms with van der Waals surface area (Å²) in [6.07, 6.45) is 7.08. The third-order valence-corrected chi connectivity index (χ3v) is 5.73. The predicted molar refractivity (Wildman–Crippen MR) is 99.2 cm³/mol. The van der Waals surface area contributed by atoms with Gasteiger partial charge in [-0.15, -0.1) is 0 Å². The van der Waals surface area contributed by atoms with Crippen LogP contribution in [0.3, 0.4) is 0 Å². The van der Waals surface area contributed by atoms with Crippen LogP contribution in [0.1, 0.15) is 48.0 Å². The minimum absolute atomic E-state index is 0.0730.